The highest BCUT2D eigenvalue weighted by molar-refractivity contribution is 9.10. The zero-order valence-electron chi connectivity index (χ0n) is 9.26. The molecule has 2 aromatic carbocycles. The van der Waals surface area contributed by atoms with Gasteiger partial charge >= 0.3 is 0 Å². The number of halogens is 1. The van der Waals surface area contributed by atoms with E-state index in [1.807, 2.05) is 0 Å². The van der Waals surface area contributed by atoms with Gasteiger partial charge in [0.2, 0.25) is 0 Å². The molecule has 0 atom stereocenters. The average Bonchev–Trinajstić information content (AvgIpc) is 2.28. The van der Waals surface area contributed by atoms with Crippen molar-refractivity contribution in [3.63, 3.8) is 0 Å². The summed E-state index contributed by atoms with van der Waals surface area (Å²) in [5.41, 5.74) is 5.57. The predicted molar refractivity (Wildman–Crippen MR) is 70.8 cm³/mol. The van der Waals surface area contributed by atoms with Gasteiger partial charge in [-0.1, -0.05) is 12.1 Å². The summed E-state index contributed by atoms with van der Waals surface area (Å²) in [5, 5.41) is 9.34. The molecule has 0 saturated heterocycles. The number of nitrogens with two attached hydrogens (primary N) is 1. The van der Waals surface area contributed by atoms with Crippen LogP contribution in [0.25, 0.3) is 0 Å². The Balaban J connectivity index is 2.40. The molecule has 1 amide bonds. The first-order chi connectivity index (χ1) is 8.58. The summed E-state index contributed by atoms with van der Waals surface area (Å²) >= 11 is 3.25. The highest BCUT2D eigenvalue weighted by Crippen LogP contribution is 2.31. The molecule has 2 aromatic rings. The number of hydrogen-bond acceptors (Lipinski definition) is 3. The maximum absolute atomic E-state index is 11.4. The molecule has 0 saturated carbocycles. The zero-order chi connectivity index (χ0) is 13.1. The summed E-state index contributed by atoms with van der Waals surface area (Å²) < 4.78 is 6.10. The number of rotatable bonds is 3. The Bertz CT molecular complexity index is 599. The molecule has 18 heavy (non-hydrogen) atoms. The fourth-order valence-corrected chi connectivity index (χ4v) is 2.05. The summed E-state index contributed by atoms with van der Waals surface area (Å²) in [6.07, 6.45) is 0. The van der Waals surface area contributed by atoms with Crippen molar-refractivity contribution in [2.24, 2.45) is 5.73 Å². The van der Waals surface area contributed by atoms with Gasteiger partial charge < -0.3 is 15.6 Å². The second-order valence-electron chi connectivity index (χ2n) is 3.58. The largest absolute Gasteiger partial charge is 0.508 e. The summed E-state index contributed by atoms with van der Waals surface area (Å²) in [7, 11) is 0. The van der Waals surface area contributed by atoms with Crippen LogP contribution in [0.5, 0.6) is 17.2 Å². The van der Waals surface area contributed by atoms with E-state index in [0.29, 0.717) is 16.0 Å². The Labute approximate surface area is 112 Å². The Kier molecular flexibility index (Phi) is 3.53. The normalized spacial score (nSPS) is 10.1. The van der Waals surface area contributed by atoms with Crippen LogP contribution >= 0.6 is 15.9 Å². The quantitative estimate of drug-likeness (QED) is 0.915. The van der Waals surface area contributed by atoms with Crippen LogP contribution in [0.4, 0.5) is 0 Å². The lowest BCUT2D eigenvalue weighted by Crippen LogP contribution is -2.13. The molecule has 2 rings (SSSR count). The van der Waals surface area contributed by atoms with E-state index in [1.165, 1.54) is 12.1 Å². The number of carbonyl (C=O) groups excluding carboxylic acids is 1. The highest BCUT2D eigenvalue weighted by Gasteiger charge is 2.14. The van der Waals surface area contributed by atoms with Gasteiger partial charge in [0.25, 0.3) is 5.91 Å². The second kappa shape index (κ2) is 5.10. The molecule has 0 aliphatic carbocycles. The van der Waals surface area contributed by atoms with Crippen LogP contribution in [0.3, 0.4) is 0 Å². The van der Waals surface area contributed by atoms with Gasteiger partial charge in [-0.3, -0.25) is 4.79 Å². The number of hydrogen-bond donors (Lipinski definition) is 2. The number of ether oxygens (including phenoxy) is 1. The van der Waals surface area contributed by atoms with Crippen LogP contribution < -0.4 is 10.5 Å². The molecule has 0 heterocycles. The molecule has 4 nitrogen and oxygen atoms in total. The number of aromatic hydroxyl groups is 1. The fourth-order valence-electron chi connectivity index (χ4n) is 1.50. The topological polar surface area (TPSA) is 72.6 Å². The van der Waals surface area contributed by atoms with E-state index in [1.54, 1.807) is 30.3 Å². The first kappa shape index (κ1) is 12.4. The lowest BCUT2D eigenvalue weighted by molar-refractivity contribution is 0.0997. The van der Waals surface area contributed by atoms with Crippen LogP contribution in [0.15, 0.2) is 46.9 Å². The maximum atomic E-state index is 11.4. The Morgan fingerprint density at radius 1 is 1.22 bits per heavy atom. The first-order valence-corrected chi connectivity index (χ1v) is 5.92. The van der Waals surface area contributed by atoms with Crippen LogP contribution in [-0.2, 0) is 0 Å². The fraction of sp³-hybridized carbons (Fsp3) is 0. The minimum absolute atomic E-state index is 0.0862. The van der Waals surface area contributed by atoms with Gasteiger partial charge in [-0.05, 0) is 40.2 Å². The molecule has 3 N–H and O–H groups in total. The summed E-state index contributed by atoms with van der Waals surface area (Å²) in [6.45, 7) is 0. The molecular weight excluding hydrogens is 298 g/mol. The van der Waals surface area contributed by atoms with Crippen LogP contribution in [0.2, 0.25) is 0 Å². The van der Waals surface area contributed by atoms with E-state index >= 15 is 0 Å². The van der Waals surface area contributed by atoms with E-state index in [0.717, 1.165) is 0 Å². The number of phenols is 1. The van der Waals surface area contributed by atoms with Crippen molar-refractivity contribution >= 4 is 21.8 Å². The van der Waals surface area contributed by atoms with Crippen molar-refractivity contribution in [1.29, 1.82) is 0 Å². The summed E-state index contributed by atoms with van der Waals surface area (Å²) in [4.78, 5) is 11.4. The molecule has 0 aromatic heterocycles. The third-order valence-corrected chi connectivity index (χ3v) is 2.93. The molecule has 92 valence electrons. The van der Waals surface area contributed by atoms with Gasteiger partial charge in [-0.15, -0.1) is 0 Å². The zero-order valence-corrected chi connectivity index (χ0v) is 10.8. The van der Waals surface area contributed by atoms with Crippen molar-refractivity contribution in [3.05, 3.63) is 52.5 Å². The lowest BCUT2D eigenvalue weighted by atomic mass is 10.2. The molecule has 0 aliphatic heterocycles. The summed E-state index contributed by atoms with van der Waals surface area (Å²) in [6, 6.07) is 11.4. The van der Waals surface area contributed by atoms with Gasteiger partial charge in [0.05, 0.1) is 5.56 Å². The summed E-state index contributed by atoms with van der Waals surface area (Å²) in [5.74, 6) is 0.263. The van der Waals surface area contributed by atoms with Gasteiger partial charge in [0.1, 0.15) is 17.2 Å². The molecule has 0 bridgehead atoms. The minimum atomic E-state index is -0.586. The van der Waals surface area contributed by atoms with Crippen molar-refractivity contribution < 1.29 is 14.6 Å². The highest BCUT2D eigenvalue weighted by atomic mass is 79.9. The van der Waals surface area contributed by atoms with Gasteiger partial charge in [0.15, 0.2) is 0 Å². The smallest absolute Gasteiger partial charge is 0.253 e. The molecular formula is C13H10BrNO3. The predicted octanol–water partition coefficient (Wildman–Crippen LogP) is 3.05. The lowest BCUT2D eigenvalue weighted by Gasteiger charge is -2.10. The van der Waals surface area contributed by atoms with Crippen molar-refractivity contribution in [2.75, 3.05) is 0 Å². The third kappa shape index (κ3) is 2.62. The Hall–Kier alpha value is -2.01. The molecule has 5 heteroatoms. The Morgan fingerprint density at radius 3 is 2.61 bits per heavy atom. The molecule has 0 spiro atoms. The van der Waals surface area contributed by atoms with E-state index in [4.69, 9.17) is 10.5 Å². The van der Waals surface area contributed by atoms with Gasteiger partial charge in [-0.2, -0.15) is 0 Å². The van der Waals surface area contributed by atoms with Crippen LogP contribution in [-0.4, -0.2) is 11.0 Å². The van der Waals surface area contributed by atoms with E-state index < -0.39 is 5.91 Å². The standard InChI is InChI=1S/C13H10BrNO3/c14-10-5-2-6-11(12(10)13(15)17)18-9-4-1-3-8(16)7-9/h1-7,16H,(H2,15,17). The minimum Gasteiger partial charge on any atom is -0.508 e. The van der Waals surface area contributed by atoms with E-state index in [9.17, 15) is 9.90 Å². The van der Waals surface area contributed by atoms with E-state index in [-0.39, 0.29) is 11.3 Å². The number of primary amides is 1. The molecule has 0 radical (unpaired) electrons. The van der Waals surface area contributed by atoms with Crippen molar-refractivity contribution in [2.45, 2.75) is 0 Å². The first-order valence-electron chi connectivity index (χ1n) is 5.13. The number of phenolic OH excluding ortho intramolecular Hbond substituents is 1. The molecule has 0 aliphatic rings. The average molecular weight is 308 g/mol. The molecule has 0 fully saturated rings. The maximum Gasteiger partial charge on any atom is 0.253 e. The van der Waals surface area contributed by atoms with Gasteiger partial charge in [0, 0.05) is 10.5 Å². The second-order valence-corrected chi connectivity index (χ2v) is 4.43. The SMILES string of the molecule is NC(=O)c1c(Br)cccc1Oc1cccc(O)c1. The van der Waals surface area contributed by atoms with Crippen LogP contribution in [0, 0.1) is 0 Å². The van der Waals surface area contributed by atoms with E-state index in [2.05, 4.69) is 15.9 Å². The van der Waals surface area contributed by atoms with Crippen molar-refractivity contribution in [1.82, 2.24) is 0 Å². The van der Waals surface area contributed by atoms with Gasteiger partial charge in [-0.25, -0.2) is 0 Å². The molecule has 0 unspecified atom stereocenters. The van der Waals surface area contributed by atoms with Crippen molar-refractivity contribution in [3.8, 4) is 17.2 Å². The monoisotopic (exact) mass is 307 g/mol. The number of amides is 1. The number of benzene rings is 2. The Morgan fingerprint density at radius 2 is 1.94 bits per heavy atom. The third-order valence-electron chi connectivity index (χ3n) is 2.27. The number of carbonyl (C=O) groups is 1. The van der Waals surface area contributed by atoms with Crippen LogP contribution in [0.1, 0.15) is 10.4 Å².